The number of thiophene rings is 1. The Morgan fingerprint density at radius 2 is 1.74 bits per heavy atom. The van der Waals surface area contributed by atoms with Crippen molar-refractivity contribution in [2.24, 2.45) is 5.92 Å². The number of ether oxygens (including phenoxy) is 1. The van der Waals surface area contributed by atoms with Crippen molar-refractivity contribution in [3.8, 4) is 0 Å². The van der Waals surface area contributed by atoms with Gasteiger partial charge in [0.25, 0.3) is 5.56 Å². The third-order valence-electron chi connectivity index (χ3n) is 6.60. The predicted octanol–water partition coefficient (Wildman–Crippen LogP) is 1.49. The molecule has 0 N–H and O–H groups in total. The number of sulfonamides is 1. The van der Waals surface area contributed by atoms with Gasteiger partial charge in [-0.2, -0.15) is 4.31 Å². The number of hydrogen-bond acceptors (Lipinski definition) is 8. The number of rotatable bonds is 5. The molecule has 0 spiro atoms. The minimum atomic E-state index is -3.86. The molecule has 2 fully saturated rings. The molecule has 0 aliphatic carbocycles. The molecular weight excluding hydrogens is 494 g/mol. The molecule has 4 rings (SSSR count). The molecular formula is C22H31N5O6S2. The highest BCUT2D eigenvalue weighted by atomic mass is 32.2. The molecule has 192 valence electrons. The van der Waals surface area contributed by atoms with E-state index in [4.69, 9.17) is 4.74 Å². The lowest BCUT2D eigenvalue weighted by atomic mass is 10.0. The number of fused-ring (bicyclic) bond motifs is 1. The van der Waals surface area contributed by atoms with E-state index in [2.05, 4.69) is 11.9 Å². The molecule has 0 bridgehead atoms. The van der Waals surface area contributed by atoms with Crippen LogP contribution in [0.4, 0.5) is 4.79 Å². The van der Waals surface area contributed by atoms with Crippen molar-refractivity contribution in [2.45, 2.75) is 45.1 Å². The Bertz CT molecular complexity index is 1270. The molecule has 0 saturated carbocycles. The molecule has 0 atom stereocenters. The second-order valence-electron chi connectivity index (χ2n) is 9.00. The molecule has 2 aromatic heterocycles. The summed E-state index contributed by atoms with van der Waals surface area (Å²) in [6.07, 6.45) is 2.45. The Kier molecular flexibility index (Phi) is 7.48. The van der Waals surface area contributed by atoms with E-state index in [0.717, 1.165) is 12.8 Å². The van der Waals surface area contributed by atoms with Crippen molar-refractivity contribution in [1.82, 2.24) is 23.7 Å². The monoisotopic (exact) mass is 525 g/mol. The largest absolute Gasteiger partial charge is 0.450 e. The van der Waals surface area contributed by atoms with E-state index >= 15 is 0 Å². The lowest BCUT2D eigenvalue weighted by Crippen LogP contribution is -2.51. The van der Waals surface area contributed by atoms with Gasteiger partial charge >= 0.3 is 6.09 Å². The number of aromatic nitrogens is 2. The van der Waals surface area contributed by atoms with Gasteiger partial charge < -0.3 is 14.5 Å². The van der Waals surface area contributed by atoms with Crippen LogP contribution in [-0.2, 0) is 26.1 Å². The zero-order chi connectivity index (χ0) is 25.3. The first kappa shape index (κ1) is 25.6. The third-order valence-corrected chi connectivity index (χ3v) is 9.82. The van der Waals surface area contributed by atoms with Crippen molar-refractivity contribution >= 4 is 43.6 Å². The van der Waals surface area contributed by atoms with Crippen LogP contribution in [0.25, 0.3) is 10.2 Å². The summed E-state index contributed by atoms with van der Waals surface area (Å²) in [6.45, 7) is 7.74. The number of piperazine rings is 1. The van der Waals surface area contributed by atoms with E-state index in [1.54, 1.807) is 23.6 Å². The van der Waals surface area contributed by atoms with Crippen molar-refractivity contribution in [3.63, 3.8) is 0 Å². The minimum Gasteiger partial charge on any atom is -0.450 e. The zero-order valence-corrected chi connectivity index (χ0v) is 21.9. The number of piperidine rings is 1. The molecule has 0 unspecified atom stereocenters. The number of carbonyl (C=O) groups is 2. The van der Waals surface area contributed by atoms with Gasteiger partial charge in [-0.15, -0.1) is 11.3 Å². The second-order valence-corrected chi connectivity index (χ2v) is 12.1. The second kappa shape index (κ2) is 10.2. The van der Waals surface area contributed by atoms with Crippen molar-refractivity contribution in [3.05, 3.63) is 21.6 Å². The van der Waals surface area contributed by atoms with Crippen LogP contribution in [0.1, 0.15) is 31.6 Å². The van der Waals surface area contributed by atoms with Crippen LogP contribution in [0.2, 0.25) is 0 Å². The lowest BCUT2D eigenvalue weighted by molar-refractivity contribution is -0.133. The molecule has 2 aliphatic heterocycles. The number of aryl methyl sites for hydroxylation is 1. The highest BCUT2D eigenvalue weighted by molar-refractivity contribution is 7.89. The standard InChI is InChI=1S/C22H31N5O6S2/c1-4-33-22(30)25-11-9-24(10-12-25)17(28)13-26-14-23-20-18(21(26)29)19(16(3)34-20)35(31,32)27-7-5-15(2)6-8-27/h14-15H,4-13H2,1-3H3. The van der Waals surface area contributed by atoms with E-state index in [-0.39, 0.29) is 29.3 Å². The first-order valence-electron chi connectivity index (χ1n) is 11.8. The van der Waals surface area contributed by atoms with Crippen molar-refractivity contribution < 1.29 is 22.7 Å². The summed E-state index contributed by atoms with van der Waals surface area (Å²) in [4.78, 5) is 46.5. The van der Waals surface area contributed by atoms with Gasteiger partial charge in [0.05, 0.1) is 18.3 Å². The minimum absolute atomic E-state index is 0.00871. The molecule has 2 amide bonds. The Hall–Kier alpha value is -2.51. The van der Waals surface area contributed by atoms with Crippen LogP contribution in [0.15, 0.2) is 16.0 Å². The molecule has 11 nitrogen and oxygen atoms in total. The smallest absolute Gasteiger partial charge is 0.409 e. The first-order valence-corrected chi connectivity index (χ1v) is 14.1. The van der Waals surface area contributed by atoms with Crippen LogP contribution < -0.4 is 5.56 Å². The van der Waals surface area contributed by atoms with Gasteiger partial charge in [0.1, 0.15) is 16.3 Å². The van der Waals surface area contributed by atoms with Crippen LogP contribution in [0.3, 0.4) is 0 Å². The van der Waals surface area contributed by atoms with Crippen LogP contribution >= 0.6 is 11.3 Å². The topological polar surface area (TPSA) is 122 Å². The Balaban J connectivity index is 1.56. The molecule has 4 heterocycles. The highest BCUT2D eigenvalue weighted by Crippen LogP contribution is 2.34. The summed E-state index contributed by atoms with van der Waals surface area (Å²) in [7, 11) is -3.86. The molecule has 2 aliphatic rings. The summed E-state index contributed by atoms with van der Waals surface area (Å²) in [6, 6.07) is 0. The summed E-state index contributed by atoms with van der Waals surface area (Å²) in [5.41, 5.74) is -0.540. The zero-order valence-electron chi connectivity index (χ0n) is 20.2. The van der Waals surface area contributed by atoms with Crippen LogP contribution in [0.5, 0.6) is 0 Å². The Labute approximate surface area is 208 Å². The highest BCUT2D eigenvalue weighted by Gasteiger charge is 2.34. The maximum Gasteiger partial charge on any atom is 0.409 e. The predicted molar refractivity (Wildman–Crippen MR) is 131 cm³/mol. The lowest BCUT2D eigenvalue weighted by Gasteiger charge is -2.34. The van der Waals surface area contributed by atoms with E-state index < -0.39 is 21.7 Å². The van der Waals surface area contributed by atoms with Crippen LogP contribution in [-0.4, -0.2) is 89.9 Å². The summed E-state index contributed by atoms with van der Waals surface area (Å²) < 4.78 is 34.6. The number of hydrogen-bond donors (Lipinski definition) is 0. The SMILES string of the molecule is CCOC(=O)N1CCN(C(=O)Cn2cnc3sc(C)c(S(=O)(=O)N4CCC(C)CC4)c3c2=O)CC1. The molecule has 13 heteroatoms. The summed E-state index contributed by atoms with van der Waals surface area (Å²) in [5.74, 6) is 0.170. The van der Waals surface area contributed by atoms with E-state index in [1.807, 2.05) is 0 Å². The molecule has 2 saturated heterocycles. The summed E-state index contributed by atoms with van der Waals surface area (Å²) in [5, 5.41) is 0.0496. The van der Waals surface area contributed by atoms with Crippen molar-refractivity contribution in [2.75, 3.05) is 45.9 Å². The van der Waals surface area contributed by atoms with E-state index in [9.17, 15) is 22.8 Å². The maximum atomic E-state index is 13.5. The maximum absolute atomic E-state index is 13.5. The molecule has 35 heavy (non-hydrogen) atoms. The van der Waals surface area contributed by atoms with E-state index in [0.29, 0.717) is 54.9 Å². The molecule has 2 aromatic rings. The van der Waals surface area contributed by atoms with Gasteiger partial charge in [0.15, 0.2) is 0 Å². The number of carbonyl (C=O) groups excluding carboxylic acids is 2. The number of amides is 2. The normalized spacial score (nSPS) is 18.3. The molecule has 0 radical (unpaired) electrons. The first-order chi connectivity index (χ1) is 16.6. The summed E-state index contributed by atoms with van der Waals surface area (Å²) >= 11 is 1.17. The van der Waals surface area contributed by atoms with Crippen molar-refractivity contribution in [1.29, 1.82) is 0 Å². The fourth-order valence-corrected chi connectivity index (χ4v) is 7.63. The average molecular weight is 526 g/mol. The van der Waals surface area contributed by atoms with Gasteiger partial charge in [0.2, 0.25) is 15.9 Å². The quantitative estimate of drug-likeness (QED) is 0.580. The van der Waals surface area contributed by atoms with E-state index in [1.165, 1.54) is 26.5 Å². The third kappa shape index (κ3) is 5.07. The van der Waals surface area contributed by atoms with Gasteiger partial charge in [-0.05, 0) is 32.6 Å². The fraction of sp³-hybridized carbons (Fsp3) is 0.636. The van der Waals surface area contributed by atoms with Gasteiger partial charge in [-0.3, -0.25) is 14.2 Å². The number of nitrogens with zero attached hydrogens (tertiary/aromatic N) is 5. The molecule has 0 aromatic carbocycles. The fourth-order valence-electron chi connectivity index (χ4n) is 4.49. The van der Waals surface area contributed by atoms with Gasteiger partial charge in [-0.25, -0.2) is 18.2 Å². The average Bonchev–Trinajstić information content (AvgIpc) is 3.19. The Morgan fingerprint density at radius 1 is 1.11 bits per heavy atom. The van der Waals surface area contributed by atoms with Gasteiger partial charge in [-0.1, -0.05) is 6.92 Å². The Morgan fingerprint density at radius 3 is 2.37 bits per heavy atom. The van der Waals surface area contributed by atoms with Crippen LogP contribution in [0, 0.1) is 12.8 Å². The van der Waals surface area contributed by atoms with Gasteiger partial charge in [0, 0.05) is 44.1 Å².